The Hall–Kier alpha value is -1.72. The number of nitrogens with two attached hydrogens (primary N) is 1. The number of thiazole rings is 1. The van der Waals surface area contributed by atoms with Gasteiger partial charge in [-0.2, -0.15) is 5.10 Å². The first-order valence-corrected chi connectivity index (χ1v) is 7.58. The van der Waals surface area contributed by atoms with Crippen molar-refractivity contribution >= 4 is 22.2 Å². The molecule has 104 valence electrons. The molecule has 0 aliphatic carbocycles. The highest BCUT2D eigenvalue weighted by molar-refractivity contribution is 7.09. The highest BCUT2D eigenvalue weighted by Gasteiger charge is 2.13. The minimum absolute atomic E-state index is 0.0507. The molecule has 0 saturated heterocycles. The van der Waals surface area contributed by atoms with Crippen LogP contribution in [0.5, 0.6) is 0 Å². The molecule has 0 radical (unpaired) electrons. The van der Waals surface area contributed by atoms with E-state index in [-0.39, 0.29) is 6.04 Å². The normalized spacial score (nSPS) is 12.9. The number of aryl methyl sites for hydroxylation is 2. The lowest BCUT2D eigenvalue weighted by molar-refractivity contribution is 0.635. The molecule has 1 atom stereocenters. The summed E-state index contributed by atoms with van der Waals surface area (Å²) in [7, 11) is 1.97. The van der Waals surface area contributed by atoms with Gasteiger partial charge in [0, 0.05) is 36.7 Å². The number of rotatable bonds is 4. The van der Waals surface area contributed by atoms with E-state index in [9.17, 15) is 0 Å². The van der Waals surface area contributed by atoms with Gasteiger partial charge < -0.3 is 5.73 Å². The van der Waals surface area contributed by atoms with E-state index in [0.717, 1.165) is 34.8 Å². The van der Waals surface area contributed by atoms with E-state index in [1.54, 1.807) is 11.3 Å². The van der Waals surface area contributed by atoms with Crippen molar-refractivity contribution in [3.8, 4) is 0 Å². The van der Waals surface area contributed by atoms with Crippen LogP contribution in [0.25, 0.3) is 10.9 Å². The van der Waals surface area contributed by atoms with E-state index < -0.39 is 0 Å². The summed E-state index contributed by atoms with van der Waals surface area (Å²) in [6.45, 7) is 2.02. The van der Waals surface area contributed by atoms with E-state index >= 15 is 0 Å². The van der Waals surface area contributed by atoms with Gasteiger partial charge in [0.1, 0.15) is 0 Å². The molecule has 0 aliphatic heterocycles. The Morgan fingerprint density at radius 3 is 2.85 bits per heavy atom. The average Bonchev–Trinajstić information content (AvgIpc) is 2.95. The van der Waals surface area contributed by atoms with Crippen molar-refractivity contribution in [1.29, 1.82) is 0 Å². The van der Waals surface area contributed by atoms with E-state index in [4.69, 9.17) is 5.73 Å². The van der Waals surface area contributed by atoms with Crippen LogP contribution in [0.2, 0.25) is 0 Å². The SMILES string of the molecule is Cc1nc(CC(N)Cc2nn(C)c3ccccc23)cs1. The maximum atomic E-state index is 6.26. The number of fused-ring (bicyclic) bond motifs is 1. The van der Waals surface area contributed by atoms with E-state index in [2.05, 4.69) is 27.6 Å². The first-order valence-electron chi connectivity index (χ1n) is 6.70. The van der Waals surface area contributed by atoms with Gasteiger partial charge in [-0.05, 0) is 13.0 Å². The summed E-state index contributed by atoms with van der Waals surface area (Å²) in [4.78, 5) is 4.47. The second kappa shape index (κ2) is 5.34. The molecule has 0 spiro atoms. The van der Waals surface area contributed by atoms with Gasteiger partial charge in [-0.25, -0.2) is 4.98 Å². The molecular weight excluding hydrogens is 268 g/mol. The van der Waals surface area contributed by atoms with Crippen molar-refractivity contribution in [2.24, 2.45) is 12.8 Å². The quantitative estimate of drug-likeness (QED) is 0.801. The van der Waals surface area contributed by atoms with Crippen molar-refractivity contribution in [3.05, 3.63) is 46.0 Å². The monoisotopic (exact) mass is 286 g/mol. The molecule has 20 heavy (non-hydrogen) atoms. The number of hydrogen-bond donors (Lipinski definition) is 1. The summed E-state index contributed by atoms with van der Waals surface area (Å²) in [6.07, 6.45) is 1.58. The third-order valence-electron chi connectivity index (χ3n) is 3.43. The smallest absolute Gasteiger partial charge is 0.0897 e. The predicted molar refractivity (Wildman–Crippen MR) is 82.9 cm³/mol. The van der Waals surface area contributed by atoms with E-state index in [0.29, 0.717) is 0 Å². The number of hydrogen-bond acceptors (Lipinski definition) is 4. The van der Waals surface area contributed by atoms with Crippen LogP contribution in [0.1, 0.15) is 16.4 Å². The zero-order chi connectivity index (χ0) is 14.1. The van der Waals surface area contributed by atoms with Crippen LogP contribution >= 0.6 is 11.3 Å². The largest absolute Gasteiger partial charge is 0.327 e. The predicted octanol–water partition coefficient (Wildman–Crippen LogP) is 2.45. The Labute approximate surface area is 122 Å². The van der Waals surface area contributed by atoms with Gasteiger partial charge in [0.25, 0.3) is 0 Å². The molecule has 0 saturated carbocycles. The summed E-state index contributed by atoms with van der Waals surface area (Å²) in [6, 6.07) is 8.32. The molecule has 1 unspecified atom stereocenters. The lowest BCUT2D eigenvalue weighted by atomic mass is 10.0. The maximum Gasteiger partial charge on any atom is 0.0897 e. The second-order valence-electron chi connectivity index (χ2n) is 5.11. The number of benzene rings is 1. The van der Waals surface area contributed by atoms with Crippen LogP contribution in [-0.4, -0.2) is 20.8 Å². The fraction of sp³-hybridized carbons (Fsp3) is 0.333. The maximum absolute atomic E-state index is 6.26. The molecule has 2 N–H and O–H groups in total. The van der Waals surface area contributed by atoms with Gasteiger partial charge >= 0.3 is 0 Å². The molecule has 0 bridgehead atoms. The Morgan fingerprint density at radius 1 is 1.30 bits per heavy atom. The topological polar surface area (TPSA) is 56.7 Å². The van der Waals surface area contributed by atoms with E-state index in [1.807, 2.05) is 30.8 Å². The standard InChI is InChI=1S/C15H18N4S/c1-10-17-12(9-20-10)7-11(16)8-14-13-5-3-4-6-15(13)19(2)18-14/h3-6,9,11H,7-8,16H2,1-2H3. The van der Waals surface area contributed by atoms with Crippen LogP contribution < -0.4 is 5.73 Å². The third-order valence-corrected chi connectivity index (χ3v) is 4.25. The molecular formula is C15H18N4S. The van der Waals surface area contributed by atoms with E-state index in [1.165, 1.54) is 5.39 Å². The van der Waals surface area contributed by atoms with Crippen molar-refractivity contribution in [2.75, 3.05) is 0 Å². The molecule has 3 aromatic rings. The summed E-state index contributed by atoms with van der Waals surface area (Å²) in [5.74, 6) is 0. The Kier molecular flexibility index (Phi) is 3.54. The zero-order valence-electron chi connectivity index (χ0n) is 11.7. The van der Waals surface area contributed by atoms with Crippen molar-refractivity contribution in [3.63, 3.8) is 0 Å². The van der Waals surface area contributed by atoms with Gasteiger partial charge in [0.2, 0.25) is 0 Å². The molecule has 0 amide bonds. The van der Waals surface area contributed by atoms with Crippen LogP contribution in [0.4, 0.5) is 0 Å². The fourth-order valence-electron chi connectivity index (χ4n) is 2.53. The first kappa shape index (κ1) is 13.3. The fourth-order valence-corrected chi connectivity index (χ4v) is 3.16. The minimum Gasteiger partial charge on any atom is -0.327 e. The lowest BCUT2D eigenvalue weighted by Gasteiger charge is -2.08. The molecule has 2 heterocycles. The minimum atomic E-state index is 0.0507. The van der Waals surface area contributed by atoms with Crippen molar-refractivity contribution < 1.29 is 0 Å². The number of para-hydroxylation sites is 1. The van der Waals surface area contributed by atoms with Gasteiger partial charge in [0.05, 0.1) is 21.9 Å². The summed E-state index contributed by atoms with van der Waals surface area (Å²) < 4.78 is 1.92. The summed E-state index contributed by atoms with van der Waals surface area (Å²) in [5, 5.41) is 8.97. The van der Waals surface area contributed by atoms with Crippen LogP contribution in [0, 0.1) is 6.92 Å². The van der Waals surface area contributed by atoms with Gasteiger partial charge in [0.15, 0.2) is 0 Å². The molecule has 4 nitrogen and oxygen atoms in total. The highest BCUT2D eigenvalue weighted by atomic mass is 32.1. The summed E-state index contributed by atoms with van der Waals surface area (Å²) in [5.41, 5.74) is 9.57. The Balaban J connectivity index is 1.79. The zero-order valence-corrected chi connectivity index (χ0v) is 12.5. The van der Waals surface area contributed by atoms with Gasteiger partial charge in [-0.1, -0.05) is 18.2 Å². The Morgan fingerprint density at radius 2 is 2.10 bits per heavy atom. The molecule has 2 aromatic heterocycles. The molecule has 0 fully saturated rings. The number of nitrogens with zero attached hydrogens (tertiary/aromatic N) is 3. The van der Waals surface area contributed by atoms with Crippen molar-refractivity contribution in [1.82, 2.24) is 14.8 Å². The van der Waals surface area contributed by atoms with Crippen LogP contribution in [0.15, 0.2) is 29.6 Å². The lowest BCUT2D eigenvalue weighted by Crippen LogP contribution is -2.26. The third kappa shape index (κ3) is 2.59. The molecule has 1 aromatic carbocycles. The van der Waals surface area contributed by atoms with Gasteiger partial charge in [-0.3, -0.25) is 4.68 Å². The highest BCUT2D eigenvalue weighted by Crippen LogP contribution is 2.19. The van der Waals surface area contributed by atoms with Crippen LogP contribution in [-0.2, 0) is 19.9 Å². The summed E-state index contributed by atoms with van der Waals surface area (Å²) >= 11 is 1.67. The molecule has 3 rings (SSSR count). The second-order valence-corrected chi connectivity index (χ2v) is 6.18. The van der Waals surface area contributed by atoms with Crippen molar-refractivity contribution in [2.45, 2.75) is 25.8 Å². The van der Waals surface area contributed by atoms with Gasteiger partial charge in [-0.15, -0.1) is 11.3 Å². The Bertz CT molecular complexity index is 728. The van der Waals surface area contributed by atoms with Crippen LogP contribution in [0.3, 0.4) is 0 Å². The number of aromatic nitrogens is 3. The average molecular weight is 286 g/mol. The molecule has 5 heteroatoms. The first-order chi connectivity index (χ1) is 9.63. The molecule has 0 aliphatic rings.